The molecule has 0 aliphatic heterocycles. The van der Waals surface area contributed by atoms with Gasteiger partial charge in [0.15, 0.2) is 0 Å². The molecular weight excluding hydrogens is 360 g/mol. The van der Waals surface area contributed by atoms with E-state index in [2.05, 4.69) is 0 Å². The second-order valence-electron chi connectivity index (χ2n) is 5.61. The van der Waals surface area contributed by atoms with E-state index in [1.165, 1.54) is 11.3 Å². The SMILES string of the molecule is CC(C)OC(=O)c1ccc(OC(=O)c2sc3ccccc3c2Cl)cc1. The average Bonchev–Trinajstić information content (AvgIpc) is 2.92. The largest absolute Gasteiger partial charge is 0.459 e. The van der Waals surface area contributed by atoms with Crippen molar-refractivity contribution in [3.05, 3.63) is 64.0 Å². The van der Waals surface area contributed by atoms with Gasteiger partial charge in [-0.15, -0.1) is 11.3 Å². The molecule has 0 aliphatic rings. The van der Waals surface area contributed by atoms with E-state index in [0.29, 0.717) is 21.2 Å². The number of benzene rings is 2. The lowest BCUT2D eigenvalue weighted by Crippen LogP contribution is -2.11. The fraction of sp³-hybridized carbons (Fsp3) is 0.158. The molecule has 4 nitrogen and oxygen atoms in total. The van der Waals surface area contributed by atoms with E-state index in [1.807, 2.05) is 24.3 Å². The monoisotopic (exact) mass is 374 g/mol. The molecule has 0 N–H and O–H groups in total. The molecule has 0 fully saturated rings. The molecule has 2 aromatic carbocycles. The van der Waals surface area contributed by atoms with Crippen molar-refractivity contribution >= 4 is 45.0 Å². The Morgan fingerprint density at radius 2 is 1.68 bits per heavy atom. The third-order valence-corrected chi connectivity index (χ3v) is 5.02. The van der Waals surface area contributed by atoms with Crippen molar-refractivity contribution in [1.29, 1.82) is 0 Å². The average molecular weight is 375 g/mol. The van der Waals surface area contributed by atoms with Crippen LogP contribution in [0.1, 0.15) is 33.9 Å². The van der Waals surface area contributed by atoms with E-state index in [4.69, 9.17) is 21.1 Å². The van der Waals surface area contributed by atoms with Crippen LogP contribution < -0.4 is 4.74 Å². The summed E-state index contributed by atoms with van der Waals surface area (Å²) in [6.07, 6.45) is -0.194. The Balaban J connectivity index is 1.76. The van der Waals surface area contributed by atoms with Gasteiger partial charge >= 0.3 is 11.9 Å². The minimum Gasteiger partial charge on any atom is -0.459 e. The quantitative estimate of drug-likeness (QED) is 0.457. The molecule has 1 aromatic heterocycles. The van der Waals surface area contributed by atoms with Crippen molar-refractivity contribution in [3.8, 4) is 5.75 Å². The smallest absolute Gasteiger partial charge is 0.355 e. The number of hydrogen-bond donors (Lipinski definition) is 0. The first-order valence-electron chi connectivity index (χ1n) is 7.66. The maximum atomic E-state index is 12.4. The number of hydrogen-bond acceptors (Lipinski definition) is 5. The number of halogens is 1. The van der Waals surface area contributed by atoms with E-state index in [-0.39, 0.29) is 6.10 Å². The standard InChI is InChI=1S/C19H15ClO4S/c1-11(2)23-18(21)12-7-9-13(10-8-12)24-19(22)17-16(20)14-5-3-4-6-15(14)25-17/h3-11H,1-2H3. The lowest BCUT2D eigenvalue weighted by Gasteiger charge is -2.08. The van der Waals surface area contributed by atoms with Gasteiger partial charge in [-0.3, -0.25) is 0 Å². The molecule has 25 heavy (non-hydrogen) atoms. The molecule has 0 aliphatic carbocycles. The summed E-state index contributed by atoms with van der Waals surface area (Å²) in [5.74, 6) is -0.608. The second-order valence-corrected chi connectivity index (χ2v) is 7.04. The summed E-state index contributed by atoms with van der Waals surface area (Å²) in [6.45, 7) is 3.56. The Hall–Kier alpha value is -2.37. The molecule has 0 spiro atoms. The van der Waals surface area contributed by atoms with Crippen molar-refractivity contribution in [2.45, 2.75) is 20.0 Å². The Kier molecular flexibility index (Phi) is 5.06. The van der Waals surface area contributed by atoms with Crippen LogP contribution in [-0.4, -0.2) is 18.0 Å². The molecule has 0 amide bonds. The first-order valence-corrected chi connectivity index (χ1v) is 8.85. The lowest BCUT2D eigenvalue weighted by atomic mass is 10.2. The van der Waals surface area contributed by atoms with E-state index >= 15 is 0 Å². The van der Waals surface area contributed by atoms with Gasteiger partial charge in [0.05, 0.1) is 16.7 Å². The summed E-state index contributed by atoms with van der Waals surface area (Å²) in [7, 11) is 0. The molecule has 0 radical (unpaired) electrons. The fourth-order valence-electron chi connectivity index (χ4n) is 2.24. The first-order chi connectivity index (χ1) is 12.0. The Labute approximate surface area is 153 Å². The van der Waals surface area contributed by atoms with Crippen LogP contribution >= 0.6 is 22.9 Å². The van der Waals surface area contributed by atoms with Crippen LogP contribution in [0, 0.1) is 0 Å². The zero-order valence-electron chi connectivity index (χ0n) is 13.6. The number of ether oxygens (including phenoxy) is 2. The molecule has 0 saturated heterocycles. The number of carbonyl (C=O) groups is 2. The summed E-state index contributed by atoms with van der Waals surface area (Å²) >= 11 is 7.57. The molecule has 0 atom stereocenters. The molecule has 0 unspecified atom stereocenters. The molecule has 6 heteroatoms. The molecule has 128 valence electrons. The number of fused-ring (bicyclic) bond motifs is 1. The van der Waals surface area contributed by atoms with Gasteiger partial charge in [0, 0.05) is 10.1 Å². The highest BCUT2D eigenvalue weighted by molar-refractivity contribution is 7.21. The molecule has 3 aromatic rings. The van der Waals surface area contributed by atoms with Crippen LogP contribution in [-0.2, 0) is 4.74 Å². The highest BCUT2D eigenvalue weighted by Gasteiger charge is 2.19. The minimum absolute atomic E-state index is 0.194. The van der Waals surface area contributed by atoms with Crippen molar-refractivity contribution in [3.63, 3.8) is 0 Å². The van der Waals surface area contributed by atoms with Crippen LogP contribution in [0.25, 0.3) is 10.1 Å². The molecule has 1 heterocycles. The third kappa shape index (κ3) is 3.83. The topological polar surface area (TPSA) is 52.6 Å². The predicted molar refractivity (Wildman–Crippen MR) is 98.8 cm³/mol. The number of rotatable bonds is 4. The van der Waals surface area contributed by atoms with Gasteiger partial charge in [-0.2, -0.15) is 0 Å². The van der Waals surface area contributed by atoms with Crippen LogP contribution in [0.2, 0.25) is 5.02 Å². The zero-order valence-corrected chi connectivity index (χ0v) is 15.2. The number of thiophene rings is 1. The van der Waals surface area contributed by atoms with Crippen molar-refractivity contribution in [2.75, 3.05) is 0 Å². The highest BCUT2D eigenvalue weighted by Crippen LogP contribution is 2.35. The van der Waals surface area contributed by atoms with E-state index in [0.717, 1.165) is 10.1 Å². The van der Waals surface area contributed by atoms with Gasteiger partial charge in [0.25, 0.3) is 0 Å². The molecular formula is C19H15ClO4S. The molecule has 3 rings (SSSR count). The van der Waals surface area contributed by atoms with Crippen LogP contribution in [0.4, 0.5) is 0 Å². The summed E-state index contributed by atoms with van der Waals surface area (Å²) < 4.78 is 11.4. The van der Waals surface area contributed by atoms with Crippen LogP contribution in [0.5, 0.6) is 5.75 Å². The maximum Gasteiger partial charge on any atom is 0.355 e. The van der Waals surface area contributed by atoms with Crippen molar-refractivity contribution in [2.24, 2.45) is 0 Å². The normalized spacial score (nSPS) is 10.9. The van der Waals surface area contributed by atoms with Gasteiger partial charge in [-0.05, 0) is 44.2 Å². The zero-order chi connectivity index (χ0) is 18.0. The summed E-state index contributed by atoms with van der Waals surface area (Å²) in [4.78, 5) is 24.5. The summed E-state index contributed by atoms with van der Waals surface area (Å²) in [5.41, 5.74) is 0.397. The predicted octanol–water partition coefficient (Wildman–Crippen LogP) is 5.34. The summed E-state index contributed by atoms with van der Waals surface area (Å²) in [6, 6.07) is 13.7. The van der Waals surface area contributed by atoms with Gasteiger partial charge in [-0.25, -0.2) is 9.59 Å². The Morgan fingerprint density at radius 1 is 1.00 bits per heavy atom. The van der Waals surface area contributed by atoms with Crippen LogP contribution in [0.15, 0.2) is 48.5 Å². The maximum absolute atomic E-state index is 12.4. The van der Waals surface area contributed by atoms with Gasteiger partial charge in [0.2, 0.25) is 0 Å². The molecule has 0 saturated carbocycles. The fourth-order valence-corrected chi connectivity index (χ4v) is 3.62. The van der Waals surface area contributed by atoms with E-state index in [9.17, 15) is 9.59 Å². The van der Waals surface area contributed by atoms with Gasteiger partial charge < -0.3 is 9.47 Å². The Morgan fingerprint density at radius 3 is 2.32 bits per heavy atom. The van der Waals surface area contributed by atoms with E-state index in [1.54, 1.807) is 38.1 Å². The van der Waals surface area contributed by atoms with Crippen molar-refractivity contribution in [1.82, 2.24) is 0 Å². The van der Waals surface area contributed by atoms with Crippen molar-refractivity contribution < 1.29 is 19.1 Å². The minimum atomic E-state index is -0.524. The van der Waals surface area contributed by atoms with Gasteiger partial charge in [-0.1, -0.05) is 29.8 Å². The summed E-state index contributed by atoms with van der Waals surface area (Å²) in [5, 5.41) is 1.22. The van der Waals surface area contributed by atoms with Gasteiger partial charge in [0.1, 0.15) is 10.6 Å². The first kappa shape index (κ1) is 17.5. The van der Waals surface area contributed by atoms with E-state index < -0.39 is 11.9 Å². The Bertz CT molecular complexity index is 928. The number of carbonyl (C=O) groups excluding carboxylic acids is 2. The number of esters is 2. The highest BCUT2D eigenvalue weighted by atomic mass is 35.5. The third-order valence-electron chi connectivity index (χ3n) is 3.36. The second kappa shape index (κ2) is 7.25. The lowest BCUT2D eigenvalue weighted by molar-refractivity contribution is 0.0378. The molecule has 0 bridgehead atoms. The van der Waals surface area contributed by atoms with Crippen LogP contribution in [0.3, 0.4) is 0 Å².